The van der Waals surface area contributed by atoms with Crippen molar-refractivity contribution in [3.8, 4) is 0 Å². The normalized spacial score (nSPS) is 31.8. The first-order chi connectivity index (χ1) is 5.64. The van der Waals surface area contributed by atoms with Crippen LogP contribution < -0.4 is 0 Å². The van der Waals surface area contributed by atoms with Gasteiger partial charge in [0.05, 0.1) is 6.61 Å². The first kappa shape index (κ1) is 10.0. The average Bonchev–Trinajstić information content (AvgIpc) is 2.48. The summed E-state index contributed by atoms with van der Waals surface area (Å²) in [6.45, 7) is 10.3. The van der Waals surface area contributed by atoms with Gasteiger partial charge in [0.25, 0.3) is 0 Å². The zero-order chi connectivity index (χ0) is 9.19. The third kappa shape index (κ3) is 1.64. The zero-order valence-corrected chi connectivity index (χ0v) is 8.51. The second kappa shape index (κ2) is 3.75. The minimum atomic E-state index is 0.190. The topological polar surface area (TPSA) is 23.5 Å². The van der Waals surface area contributed by atoms with Gasteiger partial charge < -0.3 is 10.0 Å². The second-order valence-corrected chi connectivity index (χ2v) is 4.29. The van der Waals surface area contributed by atoms with Crippen LogP contribution in [0.15, 0.2) is 0 Å². The minimum Gasteiger partial charge on any atom is -0.396 e. The summed E-state index contributed by atoms with van der Waals surface area (Å²) in [5.41, 5.74) is 0.190. The molecule has 1 fully saturated rings. The van der Waals surface area contributed by atoms with Crippen LogP contribution in [0.2, 0.25) is 0 Å². The Kier molecular flexibility index (Phi) is 3.13. The van der Waals surface area contributed by atoms with E-state index in [4.69, 9.17) is 0 Å². The molecule has 0 saturated carbocycles. The molecule has 1 unspecified atom stereocenters. The Labute approximate surface area is 75.6 Å². The third-order valence-corrected chi connectivity index (χ3v) is 3.45. The fourth-order valence-electron chi connectivity index (χ4n) is 2.04. The molecule has 1 heterocycles. The highest BCUT2D eigenvalue weighted by atomic mass is 16.3. The summed E-state index contributed by atoms with van der Waals surface area (Å²) in [5.74, 6) is 0.596. The second-order valence-electron chi connectivity index (χ2n) is 4.29. The van der Waals surface area contributed by atoms with Crippen molar-refractivity contribution >= 4 is 0 Å². The lowest BCUT2D eigenvalue weighted by atomic mass is 9.77. The summed E-state index contributed by atoms with van der Waals surface area (Å²) in [6, 6.07) is 0. The van der Waals surface area contributed by atoms with Crippen molar-refractivity contribution < 1.29 is 5.11 Å². The Hall–Kier alpha value is -0.0800. The number of hydrogen-bond donors (Lipinski definition) is 1. The molecule has 0 bridgehead atoms. The molecule has 0 aliphatic carbocycles. The Bertz CT molecular complexity index is 147. The molecule has 2 heteroatoms. The van der Waals surface area contributed by atoms with Crippen molar-refractivity contribution in [2.75, 3.05) is 26.2 Å². The lowest BCUT2D eigenvalue weighted by molar-refractivity contribution is 0.0837. The molecule has 0 aromatic carbocycles. The van der Waals surface area contributed by atoms with E-state index in [1.807, 2.05) is 0 Å². The molecule has 12 heavy (non-hydrogen) atoms. The van der Waals surface area contributed by atoms with E-state index >= 15 is 0 Å². The van der Waals surface area contributed by atoms with Gasteiger partial charge in [0.1, 0.15) is 0 Å². The van der Waals surface area contributed by atoms with Crippen molar-refractivity contribution in [1.82, 2.24) is 4.90 Å². The SMILES string of the molecule is CCN1CCC(CO)(C(C)C)C1. The molecule has 1 aliphatic rings. The number of likely N-dealkylation sites (tertiary alicyclic amines) is 1. The predicted molar refractivity (Wildman–Crippen MR) is 51.1 cm³/mol. The smallest absolute Gasteiger partial charge is 0.0502 e. The van der Waals surface area contributed by atoms with Gasteiger partial charge in [-0.1, -0.05) is 20.8 Å². The maximum absolute atomic E-state index is 9.37. The fraction of sp³-hybridized carbons (Fsp3) is 1.00. The zero-order valence-electron chi connectivity index (χ0n) is 8.51. The van der Waals surface area contributed by atoms with Crippen molar-refractivity contribution in [2.24, 2.45) is 11.3 Å². The largest absolute Gasteiger partial charge is 0.396 e. The quantitative estimate of drug-likeness (QED) is 0.693. The van der Waals surface area contributed by atoms with Crippen molar-refractivity contribution in [1.29, 1.82) is 0 Å². The van der Waals surface area contributed by atoms with Gasteiger partial charge in [0.2, 0.25) is 0 Å². The molecule has 0 aromatic heterocycles. The van der Waals surface area contributed by atoms with Gasteiger partial charge in [-0.15, -0.1) is 0 Å². The Morgan fingerprint density at radius 3 is 2.42 bits per heavy atom. The number of rotatable bonds is 3. The first-order valence-corrected chi connectivity index (χ1v) is 4.98. The molecular formula is C10H21NO. The van der Waals surface area contributed by atoms with E-state index in [0.29, 0.717) is 12.5 Å². The Balaban J connectivity index is 2.59. The number of hydrogen-bond acceptors (Lipinski definition) is 2. The van der Waals surface area contributed by atoms with Gasteiger partial charge in [-0.25, -0.2) is 0 Å². The first-order valence-electron chi connectivity index (χ1n) is 4.98. The van der Waals surface area contributed by atoms with Crippen molar-refractivity contribution in [3.05, 3.63) is 0 Å². The number of aliphatic hydroxyl groups is 1. The van der Waals surface area contributed by atoms with E-state index in [0.717, 1.165) is 26.1 Å². The third-order valence-electron chi connectivity index (χ3n) is 3.45. The average molecular weight is 171 g/mol. The van der Waals surface area contributed by atoms with Crippen LogP contribution >= 0.6 is 0 Å². The molecule has 1 N–H and O–H groups in total. The van der Waals surface area contributed by atoms with Gasteiger partial charge in [0.15, 0.2) is 0 Å². The highest BCUT2D eigenvalue weighted by Gasteiger charge is 2.39. The van der Waals surface area contributed by atoms with E-state index in [2.05, 4.69) is 25.7 Å². The van der Waals surface area contributed by atoms with Gasteiger partial charge in [0, 0.05) is 12.0 Å². The van der Waals surface area contributed by atoms with Crippen LogP contribution in [0.4, 0.5) is 0 Å². The van der Waals surface area contributed by atoms with Crippen LogP contribution in [0, 0.1) is 11.3 Å². The summed E-state index contributed by atoms with van der Waals surface area (Å²) in [5, 5.41) is 9.37. The number of nitrogens with zero attached hydrogens (tertiary/aromatic N) is 1. The van der Waals surface area contributed by atoms with Crippen LogP contribution in [0.5, 0.6) is 0 Å². The fourth-order valence-corrected chi connectivity index (χ4v) is 2.04. The van der Waals surface area contributed by atoms with Gasteiger partial charge in [-0.3, -0.25) is 0 Å². The highest BCUT2D eigenvalue weighted by Crippen LogP contribution is 2.36. The molecule has 0 amide bonds. The summed E-state index contributed by atoms with van der Waals surface area (Å²) in [6.07, 6.45) is 1.16. The Morgan fingerprint density at radius 1 is 1.50 bits per heavy atom. The molecule has 1 rings (SSSR count). The minimum absolute atomic E-state index is 0.190. The lowest BCUT2D eigenvalue weighted by Gasteiger charge is -2.31. The summed E-state index contributed by atoms with van der Waals surface area (Å²) in [7, 11) is 0. The molecule has 1 atom stereocenters. The van der Waals surface area contributed by atoms with Gasteiger partial charge in [-0.05, 0) is 25.4 Å². The maximum atomic E-state index is 9.37. The van der Waals surface area contributed by atoms with Crippen LogP contribution in [0.25, 0.3) is 0 Å². The molecule has 72 valence electrons. The van der Waals surface area contributed by atoms with Crippen LogP contribution in [0.3, 0.4) is 0 Å². The van der Waals surface area contributed by atoms with E-state index in [-0.39, 0.29) is 5.41 Å². The van der Waals surface area contributed by atoms with E-state index in [1.54, 1.807) is 0 Å². The molecule has 2 nitrogen and oxygen atoms in total. The van der Waals surface area contributed by atoms with E-state index in [1.165, 1.54) is 0 Å². The van der Waals surface area contributed by atoms with Crippen molar-refractivity contribution in [3.63, 3.8) is 0 Å². The standard InChI is InChI=1S/C10H21NO/c1-4-11-6-5-10(7-11,8-12)9(2)3/h9,12H,4-8H2,1-3H3. The molecule has 0 spiro atoms. The maximum Gasteiger partial charge on any atom is 0.0502 e. The molecule has 1 saturated heterocycles. The number of aliphatic hydroxyl groups excluding tert-OH is 1. The molecule has 0 aromatic rings. The molecule has 0 radical (unpaired) electrons. The van der Waals surface area contributed by atoms with Gasteiger partial charge >= 0.3 is 0 Å². The summed E-state index contributed by atoms with van der Waals surface area (Å²) >= 11 is 0. The van der Waals surface area contributed by atoms with Crippen LogP contribution in [-0.2, 0) is 0 Å². The monoisotopic (exact) mass is 171 g/mol. The predicted octanol–water partition coefficient (Wildman–Crippen LogP) is 1.35. The van der Waals surface area contributed by atoms with Gasteiger partial charge in [-0.2, -0.15) is 0 Å². The van der Waals surface area contributed by atoms with Crippen LogP contribution in [0.1, 0.15) is 27.2 Å². The van der Waals surface area contributed by atoms with E-state index in [9.17, 15) is 5.11 Å². The molecular weight excluding hydrogens is 150 g/mol. The summed E-state index contributed by atoms with van der Waals surface area (Å²) in [4.78, 5) is 2.43. The Morgan fingerprint density at radius 2 is 2.17 bits per heavy atom. The van der Waals surface area contributed by atoms with Crippen LogP contribution in [-0.4, -0.2) is 36.2 Å². The molecule has 1 aliphatic heterocycles. The van der Waals surface area contributed by atoms with Crippen molar-refractivity contribution in [2.45, 2.75) is 27.2 Å². The lowest BCUT2D eigenvalue weighted by Crippen LogP contribution is -2.35. The highest BCUT2D eigenvalue weighted by molar-refractivity contribution is 4.91. The summed E-state index contributed by atoms with van der Waals surface area (Å²) < 4.78 is 0. The van der Waals surface area contributed by atoms with E-state index < -0.39 is 0 Å².